The third-order valence-electron chi connectivity index (χ3n) is 3.93. The fourth-order valence-corrected chi connectivity index (χ4v) is 2.94. The maximum absolute atomic E-state index is 12.7. The molecule has 1 aliphatic carbocycles. The van der Waals surface area contributed by atoms with Gasteiger partial charge in [0.1, 0.15) is 0 Å². The van der Waals surface area contributed by atoms with E-state index in [-0.39, 0.29) is 11.4 Å². The maximum atomic E-state index is 12.7. The van der Waals surface area contributed by atoms with Gasteiger partial charge in [-0.2, -0.15) is 0 Å². The largest absolute Gasteiger partial charge is 0.711 e. The van der Waals surface area contributed by atoms with Gasteiger partial charge in [0.05, 0.1) is 17.5 Å². The zero-order valence-electron chi connectivity index (χ0n) is 11.2. The normalized spacial score (nSPS) is 12.8. The third kappa shape index (κ3) is 1.71. The summed E-state index contributed by atoms with van der Waals surface area (Å²) < 4.78 is 2.02. The number of aromatic nitrogens is 3. The molecule has 0 radical (unpaired) electrons. The summed E-state index contributed by atoms with van der Waals surface area (Å²) in [5.74, 6) is 0.286. The molecule has 0 spiro atoms. The number of benzene rings is 1. The molecule has 0 saturated heterocycles. The Bertz CT molecular complexity index is 893. The van der Waals surface area contributed by atoms with Crippen LogP contribution in [0.4, 0.5) is 0 Å². The molecule has 4 rings (SSSR count). The zero-order chi connectivity index (χ0) is 14.4. The van der Waals surface area contributed by atoms with E-state index in [2.05, 4.69) is 5.10 Å². The molecule has 5 nitrogen and oxygen atoms in total. The predicted molar refractivity (Wildman–Crippen MR) is 78.2 cm³/mol. The molecule has 0 unspecified atom stereocenters. The monoisotopic (exact) mass is 279 g/mol. The molecule has 5 heteroatoms. The number of fused-ring (bicyclic) bond motifs is 3. The molecular formula is C16H13N3O2. The van der Waals surface area contributed by atoms with E-state index in [1.807, 2.05) is 24.3 Å². The van der Waals surface area contributed by atoms with Gasteiger partial charge < -0.3 is 5.21 Å². The van der Waals surface area contributed by atoms with Crippen LogP contribution in [0.2, 0.25) is 0 Å². The standard InChI is InChI=1S/C16H13N3O2/c20-16-15-12-6-2-1-5-11(12)8-9-13(15)17-19(16)14-7-3-4-10-18(14)21/h1-7,10,17H,8-9H2. The lowest BCUT2D eigenvalue weighted by molar-refractivity contribution is -0.600. The number of hydrogen-bond donors (Lipinski definition) is 1. The van der Waals surface area contributed by atoms with Gasteiger partial charge in [0.2, 0.25) is 0 Å². The van der Waals surface area contributed by atoms with E-state index in [1.54, 1.807) is 18.2 Å². The molecule has 3 aromatic rings. The second-order valence-electron chi connectivity index (χ2n) is 5.15. The molecule has 104 valence electrons. The Kier molecular flexibility index (Phi) is 2.47. The van der Waals surface area contributed by atoms with Crippen LogP contribution in [0.15, 0.2) is 53.5 Å². The second kappa shape index (κ2) is 4.34. The molecule has 21 heavy (non-hydrogen) atoms. The summed E-state index contributed by atoms with van der Waals surface area (Å²) in [7, 11) is 0. The molecule has 1 aromatic carbocycles. The van der Waals surface area contributed by atoms with Gasteiger partial charge in [-0.3, -0.25) is 0 Å². The molecule has 0 atom stereocenters. The lowest BCUT2D eigenvalue weighted by Gasteiger charge is -2.12. The molecule has 1 N–H and O–H groups in total. The van der Waals surface area contributed by atoms with Crippen molar-refractivity contribution in [2.24, 2.45) is 0 Å². The highest BCUT2D eigenvalue weighted by atomic mass is 16.5. The number of rotatable bonds is 1. The highest BCUT2D eigenvalue weighted by Crippen LogP contribution is 2.30. The Labute approximate surface area is 120 Å². The van der Waals surface area contributed by atoms with E-state index in [1.165, 1.54) is 16.4 Å². The van der Waals surface area contributed by atoms with Crippen LogP contribution in [0.1, 0.15) is 11.3 Å². The summed E-state index contributed by atoms with van der Waals surface area (Å²) in [4.78, 5) is 12.7. The lowest BCUT2D eigenvalue weighted by atomic mass is 9.90. The van der Waals surface area contributed by atoms with Crippen molar-refractivity contribution in [2.75, 3.05) is 0 Å². The van der Waals surface area contributed by atoms with Crippen molar-refractivity contribution in [1.82, 2.24) is 9.78 Å². The predicted octanol–water partition coefficient (Wildman–Crippen LogP) is 1.56. The highest BCUT2D eigenvalue weighted by Gasteiger charge is 2.27. The van der Waals surface area contributed by atoms with E-state index < -0.39 is 0 Å². The van der Waals surface area contributed by atoms with Gasteiger partial charge in [0.25, 0.3) is 0 Å². The highest BCUT2D eigenvalue weighted by molar-refractivity contribution is 5.71. The molecule has 0 saturated carbocycles. The van der Waals surface area contributed by atoms with Crippen LogP contribution >= 0.6 is 0 Å². The van der Waals surface area contributed by atoms with Crippen molar-refractivity contribution >= 4 is 0 Å². The van der Waals surface area contributed by atoms with E-state index in [0.717, 1.165) is 24.1 Å². The van der Waals surface area contributed by atoms with E-state index in [9.17, 15) is 10.0 Å². The first-order chi connectivity index (χ1) is 10.3. The Morgan fingerprint density at radius 2 is 1.90 bits per heavy atom. The molecule has 0 fully saturated rings. The SMILES string of the molecule is O=c1c2c([nH]n1-c1cccc[n+]1[O-])CCc1ccccc1-2. The van der Waals surface area contributed by atoms with Gasteiger partial charge in [-0.15, -0.1) is 0 Å². The van der Waals surface area contributed by atoms with E-state index >= 15 is 0 Å². The molecule has 0 bridgehead atoms. The third-order valence-corrected chi connectivity index (χ3v) is 3.93. The van der Waals surface area contributed by atoms with Crippen molar-refractivity contribution in [3.8, 4) is 16.9 Å². The Morgan fingerprint density at radius 3 is 2.76 bits per heavy atom. The first kappa shape index (κ1) is 12.0. The minimum Gasteiger partial charge on any atom is -0.711 e. The van der Waals surface area contributed by atoms with Gasteiger partial charge in [-0.05, 0) is 30.0 Å². The summed E-state index contributed by atoms with van der Waals surface area (Å²) in [5, 5.41) is 15.0. The quantitative estimate of drug-likeness (QED) is 0.543. The Morgan fingerprint density at radius 1 is 1.10 bits per heavy atom. The lowest BCUT2D eigenvalue weighted by Crippen LogP contribution is -2.35. The molecule has 0 amide bonds. The summed E-state index contributed by atoms with van der Waals surface area (Å²) in [6.07, 6.45) is 3.06. The van der Waals surface area contributed by atoms with Crippen LogP contribution in [0.25, 0.3) is 16.9 Å². The van der Waals surface area contributed by atoms with Gasteiger partial charge >= 0.3 is 11.4 Å². The van der Waals surface area contributed by atoms with Crippen LogP contribution in [0.3, 0.4) is 0 Å². The number of hydrogen-bond acceptors (Lipinski definition) is 2. The van der Waals surface area contributed by atoms with E-state index in [0.29, 0.717) is 10.3 Å². The van der Waals surface area contributed by atoms with Crippen molar-refractivity contribution in [2.45, 2.75) is 12.8 Å². The maximum Gasteiger partial charge on any atom is 0.367 e. The van der Waals surface area contributed by atoms with Crippen LogP contribution in [-0.4, -0.2) is 9.78 Å². The topological polar surface area (TPSA) is 64.7 Å². The fraction of sp³-hybridized carbons (Fsp3) is 0.125. The molecule has 2 aromatic heterocycles. The average Bonchev–Trinajstić information content (AvgIpc) is 2.85. The van der Waals surface area contributed by atoms with Crippen molar-refractivity contribution in [3.05, 3.63) is 75.5 Å². The summed E-state index contributed by atoms with van der Waals surface area (Å²) in [6.45, 7) is 0. The van der Waals surface area contributed by atoms with Crippen LogP contribution in [0, 0.1) is 5.21 Å². The number of nitrogens with one attached hydrogen (secondary N) is 1. The van der Waals surface area contributed by atoms with E-state index in [4.69, 9.17) is 0 Å². The number of nitrogens with zero attached hydrogens (tertiary/aromatic N) is 2. The number of aromatic amines is 1. The summed E-state index contributed by atoms with van der Waals surface area (Å²) >= 11 is 0. The second-order valence-corrected chi connectivity index (χ2v) is 5.15. The summed E-state index contributed by atoms with van der Waals surface area (Å²) in [6, 6.07) is 12.9. The molecular weight excluding hydrogens is 266 g/mol. The number of pyridine rings is 1. The molecule has 0 aliphatic heterocycles. The first-order valence-electron chi connectivity index (χ1n) is 6.86. The molecule has 1 aliphatic rings. The first-order valence-corrected chi connectivity index (χ1v) is 6.86. The zero-order valence-corrected chi connectivity index (χ0v) is 11.2. The minimum atomic E-state index is -0.173. The van der Waals surface area contributed by atoms with Gasteiger partial charge in [-0.1, -0.05) is 35.0 Å². The van der Waals surface area contributed by atoms with Gasteiger partial charge in [0, 0.05) is 6.07 Å². The summed E-state index contributed by atoms with van der Waals surface area (Å²) in [5.41, 5.74) is 3.54. The smallest absolute Gasteiger partial charge is 0.367 e. The Balaban J connectivity index is 1.99. The number of aryl methyl sites for hydroxylation is 2. The van der Waals surface area contributed by atoms with Crippen molar-refractivity contribution < 1.29 is 4.73 Å². The van der Waals surface area contributed by atoms with Crippen molar-refractivity contribution in [3.63, 3.8) is 0 Å². The van der Waals surface area contributed by atoms with Crippen LogP contribution in [-0.2, 0) is 12.8 Å². The van der Waals surface area contributed by atoms with Crippen molar-refractivity contribution in [1.29, 1.82) is 0 Å². The van der Waals surface area contributed by atoms with Gasteiger partial charge in [-0.25, -0.2) is 14.6 Å². The number of H-pyrrole nitrogens is 1. The average molecular weight is 279 g/mol. The molecule has 2 heterocycles. The van der Waals surface area contributed by atoms with Gasteiger partial charge in [0.15, 0.2) is 0 Å². The Hall–Kier alpha value is -2.82. The van der Waals surface area contributed by atoms with Crippen LogP contribution in [0.5, 0.6) is 0 Å². The van der Waals surface area contributed by atoms with Crippen LogP contribution < -0.4 is 10.3 Å². The fourth-order valence-electron chi connectivity index (χ4n) is 2.94. The minimum absolute atomic E-state index is 0.173.